The lowest BCUT2D eigenvalue weighted by atomic mass is 10.1. The van der Waals surface area contributed by atoms with Crippen molar-refractivity contribution in [3.63, 3.8) is 0 Å². The number of pyridine rings is 1. The third-order valence-electron chi connectivity index (χ3n) is 4.04. The van der Waals surface area contributed by atoms with Gasteiger partial charge in [0.25, 0.3) is 5.91 Å². The van der Waals surface area contributed by atoms with Crippen molar-refractivity contribution in [1.82, 2.24) is 14.9 Å². The number of aromatic nitrogens is 2. The maximum atomic E-state index is 12.1. The zero-order valence-corrected chi connectivity index (χ0v) is 17.1. The predicted molar refractivity (Wildman–Crippen MR) is 107 cm³/mol. The van der Waals surface area contributed by atoms with E-state index >= 15 is 0 Å². The fourth-order valence-corrected chi connectivity index (χ4v) is 3.92. The van der Waals surface area contributed by atoms with E-state index in [9.17, 15) is 14.7 Å². The smallest absolute Gasteiger partial charge is 0.322 e. The minimum Gasteiger partial charge on any atom is -0.505 e. The Morgan fingerprint density at radius 2 is 1.89 bits per heavy atom. The largest absolute Gasteiger partial charge is 0.505 e. The molecule has 2 heterocycles. The Balaban J connectivity index is 1.95. The molecule has 7 nitrogen and oxygen atoms in total. The summed E-state index contributed by atoms with van der Waals surface area (Å²) in [7, 11) is 0. The second-order valence-corrected chi connectivity index (χ2v) is 7.33. The molecule has 27 heavy (non-hydrogen) atoms. The van der Waals surface area contributed by atoms with Crippen molar-refractivity contribution in [2.24, 2.45) is 0 Å². The van der Waals surface area contributed by atoms with Crippen molar-refractivity contribution in [1.29, 1.82) is 0 Å². The van der Waals surface area contributed by atoms with Gasteiger partial charge in [-0.1, -0.05) is 30.3 Å². The van der Waals surface area contributed by atoms with Gasteiger partial charge in [0.15, 0.2) is 11.4 Å². The van der Waals surface area contributed by atoms with Crippen molar-refractivity contribution < 1.29 is 19.8 Å². The van der Waals surface area contributed by atoms with Crippen LogP contribution in [0.25, 0.3) is 10.9 Å². The monoisotopic (exact) mass is 495 g/mol. The maximum absolute atomic E-state index is 12.1. The van der Waals surface area contributed by atoms with Crippen molar-refractivity contribution >= 4 is 54.6 Å². The Labute approximate surface area is 171 Å². The van der Waals surface area contributed by atoms with E-state index in [4.69, 9.17) is 5.11 Å². The Morgan fingerprint density at radius 1 is 1.19 bits per heavy atom. The SMILES string of the molecule is O=C(O)CNC(=O)c1ncc2c(c1O)c(Br)c(Br)n2CCc1ccccc1. The van der Waals surface area contributed by atoms with Gasteiger partial charge in [0.05, 0.1) is 21.6 Å². The van der Waals surface area contributed by atoms with Crippen LogP contribution in [0.1, 0.15) is 16.1 Å². The molecule has 0 spiro atoms. The summed E-state index contributed by atoms with van der Waals surface area (Å²) < 4.78 is 3.25. The van der Waals surface area contributed by atoms with Gasteiger partial charge in [-0.15, -0.1) is 0 Å². The number of fused-ring (bicyclic) bond motifs is 1. The molecule has 0 unspecified atom stereocenters. The average Bonchev–Trinajstić information content (AvgIpc) is 2.90. The number of aliphatic carboxylic acids is 1. The molecule has 140 valence electrons. The van der Waals surface area contributed by atoms with E-state index in [1.165, 1.54) is 11.8 Å². The molecule has 0 saturated carbocycles. The molecule has 0 saturated heterocycles. The highest BCUT2D eigenvalue weighted by atomic mass is 79.9. The summed E-state index contributed by atoms with van der Waals surface area (Å²) in [6, 6.07) is 9.98. The van der Waals surface area contributed by atoms with Crippen LogP contribution in [0.3, 0.4) is 0 Å². The van der Waals surface area contributed by atoms with E-state index in [1.54, 1.807) is 0 Å². The summed E-state index contributed by atoms with van der Waals surface area (Å²) in [5.74, 6) is -2.24. The summed E-state index contributed by atoms with van der Waals surface area (Å²) in [5, 5.41) is 21.9. The highest BCUT2D eigenvalue weighted by molar-refractivity contribution is 9.13. The van der Waals surface area contributed by atoms with Crippen LogP contribution < -0.4 is 5.32 Å². The number of halogens is 2. The molecule has 0 bridgehead atoms. The quantitative estimate of drug-likeness (QED) is 0.485. The summed E-state index contributed by atoms with van der Waals surface area (Å²) in [5.41, 5.74) is 1.60. The number of aryl methyl sites for hydroxylation is 2. The second kappa shape index (κ2) is 8.10. The Hall–Kier alpha value is -2.39. The van der Waals surface area contributed by atoms with Crippen LogP contribution in [-0.2, 0) is 17.8 Å². The fraction of sp³-hybridized carbons (Fsp3) is 0.167. The van der Waals surface area contributed by atoms with E-state index in [-0.39, 0.29) is 11.4 Å². The predicted octanol–water partition coefficient (Wildman–Crippen LogP) is 3.32. The molecule has 3 aromatic rings. The normalized spacial score (nSPS) is 10.9. The first-order valence-corrected chi connectivity index (χ1v) is 9.57. The number of rotatable bonds is 6. The van der Waals surface area contributed by atoms with Gasteiger partial charge in [-0.3, -0.25) is 9.59 Å². The first-order valence-electron chi connectivity index (χ1n) is 7.99. The van der Waals surface area contributed by atoms with Gasteiger partial charge in [0.2, 0.25) is 0 Å². The van der Waals surface area contributed by atoms with Gasteiger partial charge in [-0.25, -0.2) is 4.98 Å². The number of carboxylic acid groups (broad SMARTS) is 1. The van der Waals surface area contributed by atoms with Crippen LogP contribution in [0, 0.1) is 0 Å². The molecule has 1 aromatic carbocycles. The Kier molecular flexibility index (Phi) is 5.81. The van der Waals surface area contributed by atoms with E-state index in [2.05, 4.69) is 42.2 Å². The highest BCUT2D eigenvalue weighted by Crippen LogP contribution is 2.40. The summed E-state index contributed by atoms with van der Waals surface area (Å²) in [6.45, 7) is 0.0827. The third kappa shape index (κ3) is 3.98. The summed E-state index contributed by atoms with van der Waals surface area (Å²) in [4.78, 5) is 26.7. The molecular weight excluding hydrogens is 482 g/mol. The number of hydrogen-bond acceptors (Lipinski definition) is 4. The summed E-state index contributed by atoms with van der Waals surface area (Å²) >= 11 is 6.95. The molecule has 0 aliphatic carbocycles. The minimum atomic E-state index is -1.18. The second-order valence-electron chi connectivity index (χ2n) is 5.78. The topological polar surface area (TPSA) is 104 Å². The molecule has 3 N–H and O–H groups in total. The van der Waals surface area contributed by atoms with Crippen molar-refractivity contribution in [2.75, 3.05) is 6.54 Å². The third-order valence-corrected chi connectivity index (χ3v) is 6.17. The molecule has 3 rings (SSSR count). The molecule has 1 amide bonds. The number of carbonyl (C=O) groups excluding carboxylic acids is 1. The lowest BCUT2D eigenvalue weighted by Gasteiger charge is -2.09. The summed E-state index contributed by atoms with van der Waals surface area (Å²) in [6.07, 6.45) is 2.27. The van der Waals surface area contributed by atoms with Crippen molar-refractivity contribution in [3.05, 3.63) is 56.9 Å². The number of aromatic hydroxyl groups is 1. The van der Waals surface area contributed by atoms with Crippen LogP contribution in [0.2, 0.25) is 0 Å². The molecule has 0 atom stereocenters. The maximum Gasteiger partial charge on any atom is 0.322 e. The van der Waals surface area contributed by atoms with Gasteiger partial charge in [-0.2, -0.15) is 0 Å². The number of nitrogens with zero attached hydrogens (tertiary/aromatic N) is 2. The van der Waals surface area contributed by atoms with Crippen LogP contribution in [0.15, 0.2) is 45.6 Å². The lowest BCUT2D eigenvalue weighted by Crippen LogP contribution is -2.29. The number of hydrogen-bond donors (Lipinski definition) is 3. The molecule has 9 heteroatoms. The number of carbonyl (C=O) groups is 2. The number of nitrogens with one attached hydrogen (secondary N) is 1. The van der Waals surface area contributed by atoms with E-state index in [0.29, 0.717) is 26.5 Å². The zero-order valence-electron chi connectivity index (χ0n) is 13.9. The highest BCUT2D eigenvalue weighted by Gasteiger charge is 2.23. The van der Waals surface area contributed by atoms with Gasteiger partial charge in [0, 0.05) is 6.54 Å². The molecule has 0 aliphatic heterocycles. The van der Waals surface area contributed by atoms with Gasteiger partial charge < -0.3 is 20.1 Å². The number of carboxylic acids is 1. The molecule has 0 aliphatic rings. The molecule has 0 fully saturated rings. The van der Waals surface area contributed by atoms with E-state index in [0.717, 1.165) is 6.42 Å². The zero-order chi connectivity index (χ0) is 19.6. The number of amides is 1. The van der Waals surface area contributed by atoms with E-state index < -0.39 is 18.4 Å². The lowest BCUT2D eigenvalue weighted by molar-refractivity contribution is -0.135. The van der Waals surface area contributed by atoms with Crippen molar-refractivity contribution in [2.45, 2.75) is 13.0 Å². The number of benzene rings is 1. The fourth-order valence-electron chi connectivity index (χ4n) is 2.75. The standard InChI is InChI=1S/C18H15Br2N3O4/c19-14-13-11(8-21-15(16(13)26)18(27)22-9-12(24)25)23(17(14)20)7-6-10-4-2-1-3-5-10/h1-5,8,26H,6-7,9H2,(H,22,27)(H,24,25). The van der Waals surface area contributed by atoms with Crippen LogP contribution in [0.4, 0.5) is 0 Å². The minimum absolute atomic E-state index is 0.225. The van der Waals surface area contributed by atoms with Crippen molar-refractivity contribution in [3.8, 4) is 5.75 Å². The van der Waals surface area contributed by atoms with Gasteiger partial charge in [0.1, 0.15) is 11.1 Å². The van der Waals surface area contributed by atoms with Crippen LogP contribution in [0.5, 0.6) is 5.75 Å². The molecular formula is C18H15Br2N3O4. The Bertz CT molecular complexity index is 1020. The molecule has 0 radical (unpaired) electrons. The van der Waals surface area contributed by atoms with Gasteiger partial charge >= 0.3 is 5.97 Å². The average molecular weight is 497 g/mol. The van der Waals surface area contributed by atoms with Gasteiger partial charge in [-0.05, 0) is 43.8 Å². The van der Waals surface area contributed by atoms with Crippen LogP contribution in [-0.4, -0.2) is 38.2 Å². The molecule has 2 aromatic heterocycles. The first kappa shape index (κ1) is 19.4. The Morgan fingerprint density at radius 3 is 2.56 bits per heavy atom. The van der Waals surface area contributed by atoms with Crippen LogP contribution >= 0.6 is 31.9 Å². The first-order chi connectivity index (χ1) is 12.9. The van der Waals surface area contributed by atoms with E-state index in [1.807, 2.05) is 34.9 Å².